The van der Waals surface area contributed by atoms with Crippen molar-refractivity contribution in [3.63, 3.8) is 0 Å². The smallest absolute Gasteiger partial charge is 0.437 e. The fourth-order valence-electron chi connectivity index (χ4n) is 2.59. The van der Waals surface area contributed by atoms with Crippen LogP contribution in [0, 0.1) is 12.7 Å². The number of ether oxygens (including phenoxy) is 2. The molecule has 23 heavy (non-hydrogen) atoms. The number of aryl methyl sites for hydroxylation is 1. The average molecular weight is 336 g/mol. The van der Waals surface area contributed by atoms with E-state index < -0.39 is 21.8 Å². The topological polar surface area (TPSA) is 69.7 Å². The number of hydrogen-bond acceptors (Lipinski definition) is 5. The van der Waals surface area contributed by atoms with E-state index in [0.717, 1.165) is 7.11 Å². The van der Waals surface area contributed by atoms with Crippen molar-refractivity contribution in [2.75, 3.05) is 7.11 Å². The summed E-state index contributed by atoms with van der Waals surface area (Å²) in [5.41, 5.74) is 2.02. The number of benzene rings is 2. The van der Waals surface area contributed by atoms with Gasteiger partial charge in [0.2, 0.25) is 0 Å². The largest absolute Gasteiger partial charge is 0.513 e. The molecule has 0 aliphatic carbocycles. The van der Waals surface area contributed by atoms with E-state index >= 15 is 0 Å². The molecule has 1 heterocycles. The molecule has 0 aromatic heterocycles. The molecule has 1 aliphatic heterocycles. The van der Waals surface area contributed by atoms with Crippen LogP contribution in [0.25, 0.3) is 11.1 Å². The number of rotatable bonds is 1. The summed E-state index contributed by atoms with van der Waals surface area (Å²) in [6.45, 7) is 1.67. The molecule has 2 aromatic rings. The van der Waals surface area contributed by atoms with Gasteiger partial charge in [0.1, 0.15) is 11.6 Å². The lowest BCUT2D eigenvalue weighted by Gasteiger charge is -2.21. The van der Waals surface area contributed by atoms with Crippen LogP contribution in [0.1, 0.15) is 11.1 Å². The van der Waals surface area contributed by atoms with Gasteiger partial charge in [-0.2, -0.15) is 0 Å². The van der Waals surface area contributed by atoms with E-state index in [-0.39, 0.29) is 16.4 Å². The zero-order valence-electron chi connectivity index (χ0n) is 12.4. The molecular formula is C16H13FO5S. The second-order valence-corrected chi connectivity index (χ2v) is 7.19. The van der Waals surface area contributed by atoms with E-state index in [1.54, 1.807) is 13.0 Å². The summed E-state index contributed by atoms with van der Waals surface area (Å²) in [5, 5.41) is 0. The standard InChI is InChI=1S/C16H13FO5S/c1-9-5-13-12-6-11(17)4-3-10(12)8-23(19,20)15(13)7-14(9)22-16(18)21-2/h3-7H,8H2,1-2H3. The molecule has 120 valence electrons. The van der Waals surface area contributed by atoms with E-state index in [4.69, 9.17) is 4.74 Å². The fraction of sp³-hybridized carbons (Fsp3) is 0.188. The number of halogens is 1. The van der Waals surface area contributed by atoms with Crippen LogP contribution < -0.4 is 4.74 Å². The highest BCUT2D eigenvalue weighted by atomic mass is 32.2. The van der Waals surface area contributed by atoms with Crippen molar-refractivity contribution in [3.8, 4) is 16.9 Å². The first kappa shape index (κ1) is 15.5. The maximum Gasteiger partial charge on any atom is 0.513 e. The first-order chi connectivity index (χ1) is 10.8. The van der Waals surface area contributed by atoms with Crippen molar-refractivity contribution in [1.29, 1.82) is 0 Å². The molecule has 0 unspecified atom stereocenters. The van der Waals surface area contributed by atoms with Crippen LogP contribution in [0.15, 0.2) is 35.2 Å². The minimum Gasteiger partial charge on any atom is -0.437 e. The van der Waals surface area contributed by atoms with Gasteiger partial charge in [-0.05, 0) is 41.8 Å². The Bertz CT molecular complexity index is 918. The number of sulfone groups is 1. The lowest BCUT2D eigenvalue weighted by atomic mass is 9.98. The van der Waals surface area contributed by atoms with Crippen LogP contribution >= 0.6 is 0 Å². The van der Waals surface area contributed by atoms with Crippen molar-refractivity contribution in [3.05, 3.63) is 47.3 Å². The summed E-state index contributed by atoms with van der Waals surface area (Å²) >= 11 is 0. The molecule has 0 amide bonds. The molecule has 7 heteroatoms. The molecule has 1 aliphatic rings. The van der Waals surface area contributed by atoms with Gasteiger partial charge in [-0.1, -0.05) is 6.07 Å². The summed E-state index contributed by atoms with van der Waals surface area (Å²) in [4.78, 5) is 11.3. The Balaban J connectivity index is 2.24. The second kappa shape index (κ2) is 5.34. The SMILES string of the molecule is COC(=O)Oc1cc2c(cc1C)-c1cc(F)ccc1CS2(=O)=O. The number of carbonyl (C=O) groups excluding carboxylic acids is 1. The Hall–Kier alpha value is -2.41. The summed E-state index contributed by atoms with van der Waals surface area (Å²) in [5.74, 6) is -0.573. The summed E-state index contributed by atoms with van der Waals surface area (Å²) in [6.07, 6.45) is -0.937. The Labute approximate surface area is 132 Å². The van der Waals surface area contributed by atoms with E-state index in [2.05, 4.69) is 4.74 Å². The van der Waals surface area contributed by atoms with Crippen LogP contribution in [-0.4, -0.2) is 21.7 Å². The number of carbonyl (C=O) groups is 1. The third-order valence-electron chi connectivity index (χ3n) is 3.68. The molecule has 0 saturated heterocycles. The molecule has 0 bridgehead atoms. The molecule has 3 rings (SSSR count). The monoisotopic (exact) mass is 336 g/mol. The van der Waals surface area contributed by atoms with E-state index in [9.17, 15) is 17.6 Å². The fourth-order valence-corrected chi connectivity index (χ4v) is 4.19. The van der Waals surface area contributed by atoms with E-state index in [0.29, 0.717) is 22.3 Å². The maximum absolute atomic E-state index is 13.5. The quantitative estimate of drug-likeness (QED) is 0.591. The van der Waals surface area contributed by atoms with Crippen LogP contribution in [-0.2, 0) is 20.3 Å². The molecule has 0 N–H and O–H groups in total. The first-order valence-electron chi connectivity index (χ1n) is 6.74. The van der Waals surface area contributed by atoms with Gasteiger partial charge in [-0.15, -0.1) is 0 Å². The maximum atomic E-state index is 13.5. The number of fused-ring (bicyclic) bond motifs is 3. The molecule has 0 saturated carbocycles. The van der Waals surface area contributed by atoms with Gasteiger partial charge in [-0.3, -0.25) is 0 Å². The minimum atomic E-state index is -3.60. The van der Waals surface area contributed by atoms with Crippen molar-refractivity contribution < 1.29 is 27.1 Å². The Kier molecular flexibility index (Phi) is 3.60. The molecular weight excluding hydrogens is 323 g/mol. The predicted octanol–water partition coefficient (Wildman–Crippen LogP) is 3.23. The van der Waals surface area contributed by atoms with Gasteiger partial charge in [0, 0.05) is 11.6 Å². The molecule has 0 radical (unpaired) electrons. The Morgan fingerprint density at radius 1 is 1.17 bits per heavy atom. The Morgan fingerprint density at radius 2 is 1.91 bits per heavy atom. The highest BCUT2D eigenvalue weighted by Gasteiger charge is 2.30. The van der Waals surface area contributed by atoms with Gasteiger partial charge < -0.3 is 9.47 Å². The number of methoxy groups -OCH3 is 1. The lowest BCUT2D eigenvalue weighted by Crippen LogP contribution is -2.15. The molecule has 2 aromatic carbocycles. The zero-order valence-corrected chi connectivity index (χ0v) is 13.2. The van der Waals surface area contributed by atoms with Crippen LogP contribution in [0.2, 0.25) is 0 Å². The average Bonchev–Trinajstić information content (AvgIpc) is 2.49. The Morgan fingerprint density at radius 3 is 2.61 bits per heavy atom. The van der Waals surface area contributed by atoms with Crippen LogP contribution in [0.3, 0.4) is 0 Å². The second-order valence-electron chi connectivity index (χ2n) is 5.23. The van der Waals surface area contributed by atoms with E-state index in [1.165, 1.54) is 24.3 Å². The minimum absolute atomic E-state index is 0.0140. The first-order valence-corrected chi connectivity index (χ1v) is 8.39. The van der Waals surface area contributed by atoms with Gasteiger partial charge >= 0.3 is 6.16 Å². The van der Waals surface area contributed by atoms with Gasteiger partial charge in [0.15, 0.2) is 9.84 Å². The highest BCUT2D eigenvalue weighted by Crippen LogP contribution is 2.41. The van der Waals surface area contributed by atoms with Crippen LogP contribution in [0.4, 0.5) is 9.18 Å². The van der Waals surface area contributed by atoms with Crippen molar-refractivity contribution >= 4 is 16.0 Å². The van der Waals surface area contributed by atoms with Gasteiger partial charge in [0.05, 0.1) is 17.8 Å². The molecule has 0 fully saturated rings. The molecule has 0 atom stereocenters. The third-order valence-corrected chi connectivity index (χ3v) is 5.38. The van der Waals surface area contributed by atoms with Gasteiger partial charge in [-0.25, -0.2) is 17.6 Å². The van der Waals surface area contributed by atoms with Crippen LogP contribution in [0.5, 0.6) is 5.75 Å². The molecule has 0 spiro atoms. The third kappa shape index (κ3) is 2.68. The summed E-state index contributed by atoms with van der Waals surface area (Å²) in [7, 11) is -2.45. The predicted molar refractivity (Wildman–Crippen MR) is 80.5 cm³/mol. The summed E-state index contributed by atoms with van der Waals surface area (Å²) in [6, 6.07) is 6.87. The van der Waals surface area contributed by atoms with Crippen molar-refractivity contribution in [2.24, 2.45) is 0 Å². The van der Waals surface area contributed by atoms with Crippen molar-refractivity contribution in [1.82, 2.24) is 0 Å². The number of hydrogen-bond donors (Lipinski definition) is 0. The van der Waals surface area contributed by atoms with E-state index in [1.807, 2.05) is 0 Å². The lowest BCUT2D eigenvalue weighted by molar-refractivity contribution is 0.121. The van der Waals surface area contributed by atoms with Gasteiger partial charge in [0.25, 0.3) is 0 Å². The molecule has 5 nitrogen and oxygen atoms in total. The summed E-state index contributed by atoms with van der Waals surface area (Å²) < 4.78 is 47.9. The normalized spacial score (nSPS) is 14.6. The van der Waals surface area contributed by atoms with Crippen molar-refractivity contribution in [2.45, 2.75) is 17.6 Å². The zero-order chi connectivity index (χ0) is 16.8. The highest BCUT2D eigenvalue weighted by molar-refractivity contribution is 7.90.